The predicted octanol–water partition coefficient (Wildman–Crippen LogP) is 5.38. The van der Waals surface area contributed by atoms with E-state index in [9.17, 15) is 4.79 Å². The summed E-state index contributed by atoms with van der Waals surface area (Å²) < 4.78 is 7.32. The zero-order valence-electron chi connectivity index (χ0n) is 12.9. The number of imidazole rings is 1. The highest BCUT2D eigenvalue weighted by atomic mass is 79.9. The summed E-state index contributed by atoms with van der Waals surface area (Å²) in [6, 6.07) is 9.14. The lowest BCUT2D eigenvalue weighted by atomic mass is 10.0. The molecule has 3 aromatic rings. The van der Waals surface area contributed by atoms with E-state index in [1.165, 1.54) is 0 Å². The number of benzene rings is 2. The van der Waals surface area contributed by atoms with Crippen molar-refractivity contribution in [2.45, 2.75) is 19.8 Å². The van der Waals surface area contributed by atoms with Gasteiger partial charge in [0.1, 0.15) is 11.6 Å². The van der Waals surface area contributed by atoms with Gasteiger partial charge in [-0.25, -0.2) is 4.98 Å². The molecular formula is C17H14Br2N2O3. The summed E-state index contributed by atoms with van der Waals surface area (Å²) in [7, 11) is 0. The van der Waals surface area contributed by atoms with Crippen LogP contribution in [0.5, 0.6) is 11.5 Å². The number of aromatic amines is 1. The van der Waals surface area contributed by atoms with Gasteiger partial charge in [-0.2, -0.15) is 0 Å². The highest BCUT2D eigenvalue weighted by Crippen LogP contribution is 2.39. The monoisotopic (exact) mass is 452 g/mol. The molecule has 1 unspecified atom stereocenters. The minimum Gasteiger partial charge on any atom is -0.481 e. The first-order valence-corrected chi connectivity index (χ1v) is 8.79. The molecule has 7 heteroatoms. The van der Waals surface area contributed by atoms with Crippen molar-refractivity contribution in [2.24, 2.45) is 0 Å². The van der Waals surface area contributed by atoms with Crippen LogP contribution in [-0.4, -0.2) is 21.0 Å². The number of rotatable bonds is 4. The van der Waals surface area contributed by atoms with Crippen molar-refractivity contribution in [3.05, 3.63) is 50.7 Å². The molecule has 1 atom stereocenters. The van der Waals surface area contributed by atoms with Crippen LogP contribution in [0.2, 0.25) is 0 Å². The molecule has 0 amide bonds. The zero-order chi connectivity index (χ0) is 17.4. The molecule has 0 spiro atoms. The van der Waals surface area contributed by atoms with Crippen LogP contribution in [0.25, 0.3) is 11.0 Å². The first kappa shape index (κ1) is 17.0. The number of aliphatic carboxylic acids is 1. The van der Waals surface area contributed by atoms with Crippen molar-refractivity contribution in [1.82, 2.24) is 9.97 Å². The number of halogens is 2. The van der Waals surface area contributed by atoms with Crippen molar-refractivity contribution in [3.8, 4) is 11.5 Å². The van der Waals surface area contributed by atoms with Gasteiger partial charge in [-0.1, -0.05) is 0 Å². The molecule has 0 radical (unpaired) electrons. The number of carboxylic acids is 1. The summed E-state index contributed by atoms with van der Waals surface area (Å²) in [6.45, 7) is 3.54. The molecule has 0 saturated carbocycles. The number of hydrogen-bond acceptors (Lipinski definition) is 3. The van der Waals surface area contributed by atoms with Crippen LogP contribution >= 0.6 is 31.9 Å². The second kappa shape index (κ2) is 6.57. The van der Waals surface area contributed by atoms with Gasteiger partial charge in [0.15, 0.2) is 5.75 Å². The Kier molecular flexibility index (Phi) is 4.64. The smallest absolute Gasteiger partial charge is 0.310 e. The Balaban J connectivity index is 1.95. The molecule has 0 fully saturated rings. The number of carboxylic acid groups (broad SMARTS) is 1. The average Bonchev–Trinajstić information content (AvgIpc) is 2.89. The number of fused-ring (bicyclic) bond motifs is 1. The van der Waals surface area contributed by atoms with Gasteiger partial charge in [0.25, 0.3) is 0 Å². The van der Waals surface area contributed by atoms with E-state index < -0.39 is 11.9 Å². The number of carbonyl (C=O) groups is 1. The van der Waals surface area contributed by atoms with Gasteiger partial charge in [-0.3, -0.25) is 4.79 Å². The molecule has 1 heterocycles. The first-order chi connectivity index (χ1) is 11.3. The molecule has 0 saturated heterocycles. The van der Waals surface area contributed by atoms with Crippen LogP contribution < -0.4 is 4.74 Å². The van der Waals surface area contributed by atoms with Crippen LogP contribution in [0.1, 0.15) is 24.2 Å². The van der Waals surface area contributed by atoms with Gasteiger partial charge in [-0.05, 0) is 75.5 Å². The van der Waals surface area contributed by atoms with E-state index in [2.05, 4.69) is 41.8 Å². The van der Waals surface area contributed by atoms with E-state index in [-0.39, 0.29) is 0 Å². The molecule has 0 aliphatic rings. The quantitative estimate of drug-likeness (QED) is 0.556. The van der Waals surface area contributed by atoms with Crippen LogP contribution in [0.3, 0.4) is 0 Å². The Bertz CT molecular complexity index is 914. The fourth-order valence-corrected chi connectivity index (χ4v) is 3.75. The number of ether oxygens (including phenoxy) is 1. The summed E-state index contributed by atoms with van der Waals surface area (Å²) in [6.07, 6.45) is 0. The number of aryl methyl sites for hydroxylation is 1. The van der Waals surface area contributed by atoms with Crippen LogP contribution in [0.15, 0.2) is 39.3 Å². The van der Waals surface area contributed by atoms with Gasteiger partial charge in [0.05, 0.1) is 25.9 Å². The summed E-state index contributed by atoms with van der Waals surface area (Å²) in [5.41, 5.74) is 2.46. The lowest BCUT2D eigenvalue weighted by Gasteiger charge is -2.14. The van der Waals surface area contributed by atoms with E-state index in [0.717, 1.165) is 16.9 Å². The molecule has 0 aliphatic carbocycles. The van der Waals surface area contributed by atoms with Gasteiger partial charge < -0.3 is 14.8 Å². The number of nitrogens with one attached hydrogen (secondary N) is 1. The highest BCUT2D eigenvalue weighted by Gasteiger charge is 2.18. The molecule has 5 nitrogen and oxygen atoms in total. The molecule has 2 aromatic carbocycles. The number of aromatic nitrogens is 2. The first-order valence-electron chi connectivity index (χ1n) is 7.21. The molecule has 24 heavy (non-hydrogen) atoms. The van der Waals surface area contributed by atoms with Gasteiger partial charge in [-0.15, -0.1) is 0 Å². The third kappa shape index (κ3) is 3.32. The fraction of sp³-hybridized carbons (Fsp3) is 0.176. The second-order valence-electron chi connectivity index (χ2n) is 5.48. The lowest BCUT2D eigenvalue weighted by Crippen LogP contribution is -2.07. The summed E-state index contributed by atoms with van der Waals surface area (Å²) in [5, 5.41) is 9.15. The Morgan fingerprint density at radius 3 is 2.54 bits per heavy atom. The maximum absolute atomic E-state index is 11.2. The Morgan fingerprint density at radius 2 is 1.92 bits per heavy atom. The van der Waals surface area contributed by atoms with Gasteiger partial charge >= 0.3 is 5.97 Å². The minimum absolute atomic E-state index is 0.586. The van der Waals surface area contributed by atoms with E-state index in [4.69, 9.17) is 9.84 Å². The van der Waals surface area contributed by atoms with Crippen molar-refractivity contribution in [3.63, 3.8) is 0 Å². The summed E-state index contributed by atoms with van der Waals surface area (Å²) in [5.74, 6) is 0.603. The molecule has 3 rings (SSSR count). The topological polar surface area (TPSA) is 75.2 Å². The maximum atomic E-state index is 11.2. The summed E-state index contributed by atoms with van der Waals surface area (Å²) in [4.78, 5) is 18.7. The number of H-pyrrole nitrogens is 1. The maximum Gasteiger partial charge on any atom is 0.310 e. The molecule has 2 N–H and O–H groups in total. The molecule has 1 aromatic heterocycles. The van der Waals surface area contributed by atoms with E-state index in [0.29, 0.717) is 26.0 Å². The van der Waals surface area contributed by atoms with Crippen molar-refractivity contribution in [2.75, 3.05) is 0 Å². The van der Waals surface area contributed by atoms with E-state index in [1.807, 2.05) is 25.1 Å². The Labute approximate surface area is 155 Å². The third-order valence-electron chi connectivity index (χ3n) is 3.68. The van der Waals surface area contributed by atoms with E-state index >= 15 is 0 Å². The number of hydrogen-bond donors (Lipinski definition) is 2. The standard InChI is InChI=1S/C17H14Br2N2O3/c1-8(17(22)23)10-5-12(18)16(13(19)6-10)24-11-3-4-14-15(7-11)21-9(2)20-14/h3-8H,1-2H3,(H,20,21)(H,22,23). The normalized spacial score (nSPS) is 12.3. The third-order valence-corrected chi connectivity index (χ3v) is 4.86. The van der Waals surface area contributed by atoms with Crippen molar-refractivity contribution in [1.29, 1.82) is 0 Å². The Hall–Kier alpha value is -1.86. The second-order valence-corrected chi connectivity index (χ2v) is 7.19. The molecule has 124 valence electrons. The lowest BCUT2D eigenvalue weighted by molar-refractivity contribution is -0.138. The predicted molar refractivity (Wildman–Crippen MR) is 98.8 cm³/mol. The minimum atomic E-state index is -0.873. The molecule has 0 bridgehead atoms. The largest absolute Gasteiger partial charge is 0.481 e. The zero-order valence-corrected chi connectivity index (χ0v) is 16.1. The van der Waals surface area contributed by atoms with Gasteiger partial charge in [0, 0.05) is 6.07 Å². The average molecular weight is 454 g/mol. The van der Waals surface area contributed by atoms with E-state index in [1.54, 1.807) is 19.1 Å². The van der Waals surface area contributed by atoms with Crippen molar-refractivity contribution < 1.29 is 14.6 Å². The highest BCUT2D eigenvalue weighted by molar-refractivity contribution is 9.11. The molecular weight excluding hydrogens is 440 g/mol. The van der Waals surface area contributed by atoms with Gasteiger partial charge in [0.2, 0.25) is 0 Å². The van der Waals surface area contributed by atoms with Crippen molar-refractivity contribution >= 4 is 48.9 Å². The Morgan fingerprint density at radius 1 is 1.25 bits per heavy atom. The van der Waals surface area contributed by atoms with Crippen LogP contribution in [0.4, 0.5) is 0 Å². The fourth-order valence-electron chi connectivity index (χ4n) is 2.36. The summed E-state index contributed by atoms with van der Waals surface area (Å²) >= 11 is 6.91. The number of nitrogens with zero attached hydrogens (tertiary/aromatic N) is 1. The van der Waals surface area contributed by atoms with Crippen LogP contribution in [-0.2, 0) is 4.79 Å². The SMILES string of the molecule is Cc1nc2cc(Oc3c(Br)cc(C(C)C(=O)O)cc3Br)ccc2[nH]1. The van der Waals surface area contributed by atoms with Crippen LogP contribution in [0, 0.1) is 6.92 Å². The molecule has 0 aliphatic heterocycles.